The van der Waals surface area contributed by atoms with Crippen LogP contribution in [0.15, 0.2) is 24.5 Å². The number of nitrogens with zero attached hydrogens (tertiary/aromatic N) is 1. The van der Waals surface area contributed by atoms with Gasteiger partial charge in [0.15, 0.2) is 0 Å². The summed E-state index contributed by atoms with van der Waals surface area (Å²) < 4.78 is 0. The smallest absolute Gasteiger partial charge is 0.234 e. The number of carbonyl (C=O) groups excluding carboxylic acids is 2. The maximum absolute atomic E-state index is 11.2. The zero-order chi connectivity index (χ0) is 9.26. The number of carbonyl (C=O) groups is 2. The molecule has 4 heteroatoms. The van der Waals surface area contributed by atoms with Gasteiger partial charge in [-0.1, -0.05) is 6.07 Å². The minimum atomic E-state index is -0.346. The van der Waals surface area contributed by atoms with E-state index in [0.29, 0.717) is 0 Å². The van der Waals surface area contributed by atoms with E-state index < -0.39 is 0 Å². The lowest BCUT2D eigenvalue weighted by Crippen LogP contribution is -2.21. The van der Waals surface area contributed by atoms with Crippen LogP contribution in [0.4, 0.5) is 0 Å². The van der Waals surface area contributed by atoms with Gasteiger partial charge < -0.3 is 0 Å². The Labute approximate surface area is 75.0 Å². The number of pyridine rings is 1. The van der Waals surface area contributed by atoms with E-state index >= 15 is 0 Å². The monoisotopic (exact) mass is 176 g/mol. The van der Waals surface area contributed by atoms with Gasteiger partial charge in [0.1, 0.15) is 0 Å². The van der Waals surface area contributed by atoms with Crippen LogP contribution in [0.1, 0.15) is 17.9 Å². The highest BCUT2D eigenvalue weighted by molar-refractivity contribution is 6.06. The molecule has 0 aromatic carbocycles. The van der Waals surface area contributed by atoms with Gasteiger partial charge in [0.25, 0.3) is 0 Å². The molecule has 2 rings (SSSR count). The molecule has 66 valence electrons. The number of amides is 2. The van der Waals surface area contributed by atoms with Gasteiger partial charge in [0.2, 0.25) is 11.8 Å². The molecule has 1 fully saturated rings. The van der Waals surface area contributed by atoms with Crippen molar-refractivity contribution in [2.45, 2.75) is 12.3 Å². The Bertz CT molecular complexity index is 348. The summed E-state index contributed by atoms with van der Waals surface area (Å²) in [4.78, 5) is 26.0. The molecule has 0 radical (unpaired) electrons. The molecule has 2 heterocycles. The second-order valence-electron chi connectivity index (χ2n) is 2.96. The number of hydrogen-bond acceptors (Lipinski definition) is 3. The van der Waals surface area contributed by atoms with Crippen molar-refractivity contribution in [1.29, 1.82) is 0 Å². The van der Waals surface area contributed by atoms with E-state index in [1.807, 2.05) is 0 Å². The molecule has 1 aliphatic rings. The summed E-state index contributed by atoms with van der Waals surface area (Å²) in [5.41, 5.74) is 0.797. The van der Waals surface area contributed by atoms with Crippen LogP contribution in [0.3, 0.4) is 0 Å². The van der Waals surface area contributed by atoms with E-state index in [4.69, 9.17) is 0 Å². The second-order valence-corrected chi connectivity index (χ2v) is 2.96. The molecule has 1 aliphatic heterocycles. The topological polar surface area (TPSA) is 59.1 Å². The first-order valence-corrected chi connectivity index (χ1v) is 4.01. The predicted molar refractivity (Wildman–Crippen MR) is 44.7 cm³/mol. The fourth-order valence-electron chi connectivity index (χ4n) is 1.40. The van der Waals surface area contributed by atoms with Gasteiger partial charge in [-0.2, -0.15) is 0 Å². The predicted octanol–water partition coefficient (Wildman–Crippen LogP) is 0.212. The van der Waals surface area contributed by atoms with E-state index in [9.17, 15) is 9.59 Å². The third-order valence-corrected chi connectivity index (χ3v) is 2.06. The van der Waals surface area contributed by atoms with Crippen molar-refractivity contribution in [3.05, 3.63) is 30.1 Å². The maximum Gasteiger partial charge on any atom is 0.234 e. The molecule has 0 spiro atoms. The molecular formula is C9H8N2O2. The highest BCUT2D eigenvalue weighted by atomic mass is 16.2. The zero-order valence-electron chi connectivity index (χ0n) is 6.86. The van der Waals surface area contributed by atoms with Crippen molar-refractivity contribution < 1.29 is 9.59 Å². The van der Waals surface area contributed by atoms with E-state index in [1.165, 1.54) is 0 Å². The van der Waals surface area contributed by atoms with Crippen molar-refractivity contribution in [3.8, 4) is 0 Å². The van der Waals surface area contributed by atoms with Crippen LogP contribution in [0.5, 0.6) is 0 Å². The molecule has 1 saturated heterocycles. The molecule has 0 bridgehead atoms. The van der Waals surface area contributed by atoms with Crippen molar-refractivity contribution in [1.82, 2.24) is 10.3 Å². The Balaban J connectivity index is 2.28. The molecular weight excluding hydrogens is 168 g/mol. The van der Waals surface area contributed by atoms with Crippen LogP contribution in [0.2, 0.25) is 0 Å². The van der Waals surface area contributed by atoms with Crippen LogP contribution >= 0.6 is 0 Å². The molecule has 13 heavy (non-hydrogen) atoms. The van der Waals surface area contributed by atoms with Crippen LogP contribution in [-0.4, -0.2) is 16.8 Å². The van der Waals surface area contributed by atoms with E-state index in [1.54, 1.807) is 24.5 Å². The van der Waals surface area contributed by atoms with Crippen molar-refractivity contribution >= 4 is 11.8 Å². The number of hydrogen-bond donors (Lipinski definition) is 1. The molecule has 1 N–H and O–H groups in total. The van der Waals surface area contributed by atoms with Crippen molar-refractivity contribution in [2.24, 2.45) is 0 Å². The first kappa shape index (κ1) is 7.91. The number of rotatable bonds is 1. The van der Waals surface area contributed by atoms with Gasteiger partial charge in [-0.15, -0.1) is 0 Å². The normalized spacial score (nSPS) is 21.7. The zero-order valence-corrected chi connectivity index (χ0v) is 6.86. The summed E-state index contributed by atoms with van der Waals surface area (Å²) in [6.45, 7) is 0. The standard InChI is InChI=1S/C9H8N2O2/c12-8-4-7(9(13)11-8)6-2-1-3-10-5-6/h1-3,5,7H,4H2,(H,11,12,13). The first-order valence-electron chi connectivity index (χ1n) is 4.01. The summed E-state index contributed by atoms with van der Waals surface area (Å²) in [5.74, 6) is -0.780. The van der Waals surface area contributed by atoms with Crippen LogP contribution in [-0.2, 0) is 9.59 Å². The highest BCUT2D eigenvalue weighted by Crippen LogP contribution is 2.22. The Hall–Kier alpha value is -1.71. The molecule has 1 atom stereocenters. The van der Waals surface area contributed by atoms with Gasteiger partial charge in [-0.05, 0) is 11.6 Å². The van der Waals surface area contributed by atoms with Gasteiger partial charge in [-0.3, -0.25) is 19.9 Å². The van der Waals surface area contributed by atoms with Crippen molar-refractivity contribution in [3.63, 3.8) is 0 Å². The largest absolute Gasteiger partial charge is 0.296 e. The quantitative estimate of drug-likeness (QED) is 0.622. The van der Waals surface area contributed by atoms with E-state index in [0.717, 1.165) is 5.56 Å². The summed E-state index contributed by atoms with van der Waals surface area (Å²) in [7, 11) is 0. The highest BCUT2D eigenvalue weighted by Gasteiger charge is 2.31. The minimum Gasteiger partial charge on any atom is -0.296 e. The third kappa shape index (κ3) is 1.42. The van der Waals surface area contributed by atoms with E-state index in [2.05, 4.69) is 10.3 Å². The lowest BCUT2D eigenvalue weighted by atomic mass is 10.00. The Kier molecular flexibility index (Phi) is 1.81. The van der Waals surface area contributed by atoms with Crippen molar-refractivity contribution in [2.75, 3.05) is 0 Å². The summed E-state index contributed by atoms with van der Waals surface area (Å²) in [6.07, 6.45) is 3.49. The SMILES string of the molecule is O=C1CC(c2cccnc2)C(=O)N1. The molecule has 1 aromatic heterocycles. The average Bonchev–Trinajstić information content (AvgIpc) is 2.47. The molecule has 1 aromatic rings. The lowest BCUT2D eigenvalue weighted by molar-refractivity contribution is -0.125. The van der Waals surface area contributed by atoms with Crippen LogP contribution < -0.4 is 5.32 Å². The second kappa shape index (κ2) is 2.97. The number of imide groups is 1. The average molecular weight is 176 g/mol. The molecule has 0 aliphatic carbocycles. The van der Waals surface area contributed by atoms with Crippen LogP contribution in [0.25, 0.3) is 0 Å². The number of nitrogens with one attached hydrogen (secondary N) is 1. The Morgan fingerprint density at radius 2 is 2.31 bits per heavy atom. The summed E-state index contributed by atoms with van der Waals surface area (Å²) in [5, 5.41) is 2.26. The van der Waals surface area contributed by atoms with Gasteiger partial charge in [0, 0.05) is 18.8 Å². The molecule has 2 amide bonds. The van der Waals surface area contributed by atoms with Gasteiger partial charge in [-0.25, -0.2) is 0 Å². The maximum atomic E-state index is 11.2. The fraction of sp³-hybridized carbons (Fsp3) is 0.222. The number of aromatic nitrogens is 1. The minimum absolute atomic E-state index is 0.209. The molecule has 4 nitrogen and oxygen atoms in total. The van der Waals surface area contributed by atoms with Crippen LogP contribution in [0, 0.1) is 0 Å². The Morgan fingerprint density at radius 3 is 2.85 bits per heavy atom. The lowest BCUT2D eigenvalue weighted by Gasteiger charge is -2.03. The molecule has 0 saturated carbocycles. The molecule has 1 unspecified atom stereocenters. The fourth-order valence-corrected chi connectivity index (χ4v) is 1.40. The summed E-state index contributed by atoms with van der Waals surface area (Å²) >= 11 is 0. The first-order chi connectivity index (χ1) is 6.27. The summed E-state index contributed by atoms with van der Waals surface area (Å²) in [6, 6.07) is 3.56. The van der Waals surface area contributed by atoms with Gasteiger partial charge >= 0.3 is 0 Å². The third-order valence-electron chi connectivity index (χ3n) is 2.06. The Morgan fingerprint density at radius 1 is 1.46 bits per heavy atom. The van der Waals surface area contributed by atoms with Gasteiger partial charge in [0.05, 0.1) is 5.92 Å². The van der Waals surface area contributed by atoms with E-state index in [-0.39, 0.29) is 24.2 Å².